The SMILES string of the molecule is CC(C)C1CCc2nc(N(C)CCN)ncc2C1. The molecule has 100 valence electrons. The van der Waals surface area contributed by atoms with Crippen LogP contribution in [0.25, 0.3) is 0 Å². The van der Waals surface area contributed by atoms with Crippen molar-refractivity contribution < 1.29 is 0 Å². The van der Waals surface area contributed by atoms with Crippen molar-refractivity contribution in [2.75, 3.05) is 25.0 Å². The Morgan fingerprint density at radius 2 is 2.28 bits per heavy atom. The van der Waals surface area contributed by atoms with E-state index in [0.717, 1.165) is 37.2 Å². The van der Waals surface area contributed by atoms with Gasteiger partial charge < -0.3 is 10.6 Å². The van der Waals surface area contributed by atoms with Crippen molar-refractivity contribution in [3.8, 4) is 0 Å². The molecule has 1 aromatic rings. The van der Waals surface area contributed by atoms with E-state index in [9.17, 15) is 0 Å². The van der Waals surface area contributed by atoms with Gasteiger partial charge in [0.25, 0.3) is 0 Å². The monoisotopic (exact) mass is 248 g/mol. The molecule has 0 radical (unpaired) electrons. The van der Waals surface area contributed by atoms with Crippen LogP contribution in [-0.4, -0.2) is 30.1 Å². The highest BCUT2D eigenvalue weighted by Gasteiger charge is 2.23. The van der Waals surface area contributed by atoms with Gasteiger partial charge in [-0.15, -0.1) is 0 Å². The molecule has 1 aliphatic carbocycles. The molecule has 1 heterocycles. The van der Waals surface area contributed by atoms with E-state index in [1.54, 1.807) is 0 Å². The quantitative estimate of drug-likeness (QED) is 0.880. The molecule has 1 aromatic heterocycles. The van der Waals surface area contributed by atoms with Crippen LogP contribution in [0.5, 0.6) is 0 Å². The van der Waals surface area contributed by atoms with Gasteiger partial charge in [-0.1, -0.05) is 13.8 Å². The number of hydrogen-bond acceptors (Lipinski definition) is 4. The van der Waals surface area contributed by atoms with Crippen LogP contribution >= 0.6 is 0 Å². The summed E-state index contributed by atoms with van der Waals surface area (Å²) in [6.45, 7) is 6.04. The molecule has 0 bridgehead atoms. The third kappa shape index (κ3) is 2.80. The van der Waals surface area contributed by atoms with Crippen LogP contribution in [0.2, 0.25) is 0 Å². The fourth-order valence-corrected chi connectivity index (χ4v) is 2.57. The number of nitrogens with zero attached hydrogens (tertiary/aromatic N) is 3. The average molecular weight is 248 g/mol. The highest BCUT2D eigenvalue weighted by atomic mass is 15.2. The molecule has 0 saturated heterocycles. The summed E-state index contributed by atoms with van der Waals surface area (Å²) in [7, 11) is 1.99. The highest BCUT2D eigenvalue weighted by molar-refractivity contribution is 5.33. The average Bonchev–Trinajstić information content (AvgIpc) is 2.37. The zero-order chi connectivity index (χ0) is 13.1. The first-order chi connectivity index (χ1) is 8.61. The third-order valence-electron chi connectivity index (χ3n) is 3.92. The molecule has 0 saturated carbocycles. The van der Waals surface area contributed by atoms with Gasteiger partial charge in [0.15, 0.2) is 0 Å². The molecule has 0 aromatic carbocycles. The maximum absolute atomic E-state index is 5.56. The molecular formula is C14H24N4. The molecule has 0 fully saturated rings. The van der Waals surface area contributed by atoms with Crippen molar-refractivity contribution in [3.63, 3.8) is 0 Å². The summed E-state index contributed by atoms with van der Waals surface area (Å²) >= 11 is 0. The lowest BCUT2D eigenvalue weighted by atomic mass is 9.80. The van der Waals surface area contributed by atoms with Crippen molar-refractivity contribution in [1.29, 1.82) is 0 Å². The lowest BCUT2D eigenvalue weighted by Gasteiger charge is -2.27. The molecule has 1 atom stereocenters. The maximum atomic E-state index is 5.56. The number of hydrogen-bond donors (Lipinski definition) is 1. The van der Waals surface area contributed by atoms with Gasteiger partial charge in [-0.2, -0.15) is 0 Å². The van der Waals surface area contributed by atoms with Gasteiger partial charge in [-0.05, 0) is 36.7 Å². The molecule has 18 heavy (non-hydrogen) atoms. The van der Waals surface area contributed by atoms with Gasteiger partial charge in [0.1, 0.15) is 0 Å². The number of nitrogens with two attached hydrogens (primary N) is 1. The Morgan fingerprint density at radius 1 is 1.50 bits per heavy atom. The number of likely N-dealkylation sites (N-methyl/N-ethyl adjacent to an activating group) is 1. The summed E-state index contributed by atoms with van der Waals surface area (Å²) in [6.07, 6.45) is 5.49. The number of fused-ring (bicyclic) bond motifs is 1. The van der Waals surface area contributed by atoms with E-state index in [1.807, 2.05) is 18.1 Å². The minimum Gasteiger partial charge on any atom is -0.343 e. The molecular weight excluding hydrogens is 224 g/mol. The van der Waals surface area contributed by atoms with Crippen molar-refractivity contribution in [3.05, 3.63) is 17.5 Å². The molecule has 2 rings (SSSR count). The summed E-state index contributed by atoms with van der Waals surface area (Å²) in [5.74, 6) is 2.34. The van der Waals surface area contributed by atoms with Crippen molar-refractivity contribution in [1.82, 2.24) is 9.97 Å². The highest BCUT2D eigenvalue weighted by Crippen LogP contribution is 2.29. The molecule has 4 heteroatoms. The molecule has 0 aliphatic heterocycles. The lowest BCUT2D eigenvalue weighted by molar-refractivity contribution is 0.339. The molecule has 1 aliphatic rings. The second-order valence-corrected chi connectivity index (χ2v) is 5.60. The topological polar surface area (TPSA) is 55.0 Å². The van der Waals surface area contributed by atoms with Gasteiger partial charge >= 0.3 is 0 Å². The minimum atomic E-state index is 0.631. The number of aromatic nitrogens is 2. The van der Waals surface area contributed by atoms with E-state index in [2.05, 4.69) is 23.8 Å². The van der Waals surface area contributed by atoms with Crippen LogP contribution in [0.3, 0.4) is 0 Å². The third-order valence-corrected chi connectivity index (χ3v) is 3.92. The molecule has 1 unspecified atom stereocenters. The first-order valence-electron chi connectivity index (χ1n) is 6.87. The van der Waals surface area contributed by atoms with E-state index in [0.29, 0.717) is 6.54 Å². The standard InChI is InChI=1S/C14H24N4/c1-10(2)11-4-5-13-12(8-11)9-16-14(17-13)18(3)7-6-15/h9-11H,4-8,15H2,1-3H3. The Morgan fingerprint density at radius 3 is 2.94 bits per heavy atom. The zero-order valence-electron chi connectivity index (χ0n) is 11.7. The number of anilines is 1. The Kier molecular flexibility index (Phi) is 4.17. The lowest BCUT2D eigenvalue weighted by Crippen LogP contribution is -2.28. The summed E-state index contributed by atoms with van der Waals surface area (Å²) < 4.78 is 0. The van der Waals surface area contributed by atoms with Crippen molar-refractivity contribution in [2.45, 2.75) is 33.1 Å². The second-order valence-electron chi connectivity index (χ2n) is 5.60. The van der Waals surface area contributed by atoms with Gasteiger partial charge in [-0.25, -0.2) is 9.97 Å². The number of rotatable bonds is 4. The van der Waals surface area contributed by atoms with E-state index in [-0.39, 0.29) is 0 Å². The van der Waals surface area contributed by atoms with Gasteiger partial charge in [-0.3, -0.25) is 0 Å². The Bertz CT molecular complexity index is 403. The van der Waals surface area contributed by atoms with Crippen LogP contribution in [0.1, 0.15) is 31.5 Å². The molecule has 0 spiro atoms. The van der Waals surface area contributed by atoms with Crippen LogP contribution < -0.4 is 10.6 Å². The van der Waals surface area contributed by atoms with E-state index < -0.39 is 0 Å². The molecule has 4 nitrogen and oxygen atoms in total. The Balaban J connectivity index is 2.14. The maximum Gasteiger partial charge on any atom is 0.225 e. The summed E-state index contributed by atoms with van der Waals surface area (Å²) in [6, 6.07) is 0. The van der Waals surface area contributed by atoms with Gasteiger partial charge in [0, 0.05) is 32.0 Å². The second kappa shape index (κ2) is 5.65. The van der Waals surface area contributed by atoms with Crippen molar-refractivity contribution >= 4 is 5.95 Å². The normalized spacial score (nSPS) is 18.8. The summed E-state index contributed by atoms with van der Waals surface area (Å²) in [5, 5.41) is 0. The van der Waals surface area contributed by atoms with E-state index in [4.69, 9.17) is 5.73 Å². The Hall–Kier alpha value is -1.16. The fourth-order valence-electron chi connectivity index (χ4n) is 2.57. The molecule has 0 amide bonds. The first-order valence-corrected chi connectivity index (χ1v) is 6.87. The predicted molar refractivity (Wildman–Crippen MR) is 74.7 cm³/mol. The Labute approximate surface area is 110 Å². The summed E-state index contributed by atoms with van der Waals surface area (Å²) in [4.78, 5) is 11.2. The first kappa shape index (κ1) is 13.3. The fraction of sp³-hybridized carbons (Fsp3) is 0.714. The minimum absolute atomic E-state index is 0.631. The number of aryl methyl sites for hydroxylation is 1. The van der Waals surface area contributed by atoms with Crippen LogP contribution in [0, 0.1) is 11.8 Å². The largest absolute Gasteiger partial charge is 0.343 e. The van der Waals surface area contributed by atoms with E-state index in [1.165, 1.54) is 17.7 Å². The smallest absolute Gasteiger partial charge is 0.225 e. The van der Waals surface area contributed by atoms with Gasteiger partial charge in [0.05, 0.1) is 0 Å². The van der Waals surface area contributed by atoms with Crippen molar-refractivity contribution in [2.24, 2.45) is 17.6 Å². The van der Waals surface area contributed by atoms with E-state index >= 15 is 0 Å². The van der Waals surface area contributed by atoms with Crippen LogP contribution in [0.4, 0.5) is 5.95 Å². The zero-order valence-corrected chi connectivity index (χ0v) is 11.7. The van der Waals surface area contributed by atoms with Crippen LogP contribution in [-0.2, 0) is 12.8 Å². The summed E-state index contributed by atoms with van der Waals surface area (Å²) in [5.41, 5.74) is 8.13. The predicted octanol–water partition coefficient (Wildman–Crippen LogP) is 1.63. The molecule has 2 N–H and O–H groups in total. The van der Waals surface area contributed by atoms with Crippen LogP contribution in [0.15, 0.2) is 6.20 Å². The van der Waals surface area contributed by atoms with Gasteiger partial charge in [0.2, 0.25) is 5.95 Å².